The first-order chi connectivity index (χ1) is 11.6. The Morgan fingerprint density at radius 2 is 1.84 bits per heavy atom. The SMILES string of the molecule is Cl.NC(=O)C(Cc1ccc(Cl)cc1)c1ccc(C2CCCNC2)cc1. The van der Waals surface area contributed by atoms with Gasteiger partial charge in [0.05, 0.1) is 5.92 Å². The summed E-state index contributed by atoms with van der Waals surface area (Å²) in [5.41, 5.74) is 9.02. The Balaban J connectivity index is 0.00000225. The molecule has 0 saturated carbocycles. The van der Waals surface area contributed by atoms with Crippen LogP contribution in [0.3, 0.4) is 0 Å². The minimum Gasteiger partial charge on any atom is -0.369 e. The quantitative estimate of drug-likeness (QED) is 0.824. The molecule has 1 amide bonds. The van der Waals surface area contributed by atoms with Crippen LogP contribution in [-0.2, 0) is 11.2 Å². The van der Waals surface area contributed by atoms with E-state index in [-0.39, 0.29) is 24.2 Å². The van der Waals surface area contributed by atoms with Crippen LogP contribution in [-0.4, -0.2) is 19.0 Å². The second kappa shape index (κ2) is 9.23. The van der Waals surface area contributed by atoms with Crippen LogP contribution in [0.1, 0.15) is 41.4 Å². The molecule has 2 atom stereocenters. The van der Waals surface area contributed by atoms with Crippen molar-refractivity contribution in [2.45, 2.75) is 31.1 Å². The average Bonchev–Trinajstić information content (AvgIpc) is 2.62. The van der Waals surface area contributed by atoms with Gasteiger partial charge in [0.1, 0.15) is 0 Å². The second-order valence-corrected chi connectivity index (χ2v) is 6.93. The van der Waals surface area contributed by atoms with Crippen LogP contribution in [0.15, 0.2) is 48.5 Å². The van der Waals surface area contributed by atoms with Gasteiger partial charge in [0, 0.05) is 11.6 Å². The van der Waals surface area contributed by atoms with Gasteiger partial charge >= 0.3 is 0 Å². The second-order valence-electron chi connectivity index (χ2n) is 6.50. The van der Waals surface area contributed by atoms with Crippen molar-refractivity contribution in [3.05, 3.63) is 70.2 Å². The molecule has 0 aliphatic carbocycles. The van der Waals surface area contributed by atoms with Gasteiger partial charge in [-0.15, -0.1) is 12.4 Å². The van der Waals surface area contributed by atoms with E-state index in [2.05, 4.69) is 29.6 Å². The number of carbonyl (C=O) groups excluding carboxylic acids is 1. The van der Waals surface area contributed by atoms with Crippen LogP contribution in [0.5, 0.6) is 0 Å². The van der Waals surface area contributed by atoms with Crippen LogP contribution >= 0.6 is 24.0 Å². The Morgan fingerprint density at radius 1 is 1.16 bits per heavy atom. The van der Waals surface area contributed by atoms with E-state index >= 15 is 0 Å². The molecule has 25 heavy (non-hydrogen) atoms. The first kappa shape index (κ1) is 19.8. The largest absolute Gasteiger partial charge is 0.369 e. The van der Waals surface area contributed by atoms with Crippen LogP contribution in [0.4, 0.5) is 0 Å². The van der Waals surface area contributed by atoms with Crippen LogP contribution in [0.25, 0.3) is 0 Å². The molecule has 1 saturated heterocycles. The molecular weight excluding hydrogens is 355 g/mol. The van der Waals surface area contributed by atoms with E-state index in [0.29, 0.717) is 17.4 Å². The summed E-state index contributed by atoms with van der Waals surface area (Å²) in [7, 11) is 0. The number of amides is 1. The smallest absolute Gasteiger partial charge is 0.225 e. The lowest BCUT2D eigenvalue weighted by molar-refractivity contribution is -0.119. The molecule has 3 N–H and O–H groups in total. The first-order valence-electron chi connectivity index (χ1n) is 8.48. The molecule has 1 heterocycles. The lowest BCUT2D eigenvalue weighted by Gasteiger charge is -2.23. The van der Waals surface area contributed by atoms with Crippen LogP contribution in [0.2, 0.25) is 5.02 Å². The highest BCUT2D eigenvalue weighted by molar-refractivity contribution is 6.30. The number of benzene rings is 2. The van der Waals surface area contributed by atoms with E-state index in [0.717, 1.165) is 24.2 Å². The van der Waals surface area contributed by atoms with Crippen LogP contribution < -0.4 is 11.1 Å². The summed E-state index contributed by atoms with van der Waals surface area (Å²) >= 11 is 5.92. The molecule has 1 aliphatic rings. The summed E-state index contributed by atoms with van der Waals surface area (Å²) in [5, 5.41) is 4.14. The molecule has 2 aromatic carbocycles. The van der Waals surface area contributed by atoms with Gasteiger partial charge in [-0.3, -0.25) is 4.79 Å². The number of nitrogens with one attached hydrogen (secondary N) is 1. The van der Waals surface area contributed by atoms with E-state index in [1.165, 1.54) is 18.4 Å². The van der Waals surface area contributed by atoms with E-state index in [1.54, 1.807) is 0 Å². The molecule has 5 heteroatoms. The molecule has 134 valence electrons. The monoisotopic (exact) mass is 378 g/mol. The molecule has 3 nitrogen and oxygen atoms in total. The predicted octanol–water partition coefficient (Wildman–Crippen LogP) is 4.04. The topological polar surface area (TPSA) is 55.1 Å². The molecule has 0 radical (unpaired) electrons. The third-order valence-electron chi connectivity index (χ3n) is 4.80. The summed E-state index contributed by atoms with van der Waals surface area (Å²) in [6, 6.07) is 16.0. The highest BCUT2D eigenvalue weighted by Gasteiger charge is 2.20. The normalized spacial score (nSPS) is 18.2. The van der Waals surface area contributed by atoms with Gasteiger partial charge in [0.15, 0.2) is 0 Å². The molecule has 2 unspecified atom stereocenters. The number of hydrogen-bond donors (Lipinski definition) is 2. The van der Waals surface area contributed by atoms with Gasteiger partial charge < -0.3 is 11.1 Å². The maximum atomic E-state index is 11.9. The number of rotatable bonds is 5. The number of hydrogen-bond acceptors (Lipinski definition) is 2. The van der Waals surface area contributed by atoms with E-state index in [1.807, 2.05) is 24.3 Å². The highest BCUT2D eigenvalue weighted by atomic mass is 35.5. The zero-order chi connectivity index (χ0) is 16.9. The molecule has 2 aromatic rings. The van der Waals surface area contributed by atoms with Gasteiger partial charge in [-0.2, -0.15) is 0 Å². The van der Waals surface area contributed by atoms with E-state index in [4.69, 9.17) is 17.3 Å². The lowest BCUT2D eigenvalue weighted by atomic mass is 9.87. The van der Waals surface area contributed by atoms with Crippen molar-refractivity contribution in [3.8, 4) is 0 Å². The van der Waals surface area contributed by atoms with Gasteiger partial charge in [0.2, 0.25) is 5.91 Å². The Labute approximate surface area is 160 Å². The number of nitrogens with two attached hydrogens (primary N) is 1. The zero-order valence-electron chi connectivity index (χ0n) is 14.1. The van der Waals surface area contributed by atoms with Crippen LogP contribution in [0, 0.1) is 0 Å². The maximum absolute atomic E-state index is 11.9. The number of carbonyl (C=O) groups is 1. The third kappa shape index (κ3) is 5.21. The van der Waals surface area contributed by atoms with Crippen molar-refractivity contribution >= 4 is 29.9 Å². The molecule has 1 fully saturated rings. The Bertz CT molecular complexity index is 680. The van der Waals surface area contributed by atoms with Crippen molar-refractivity contribution < 1.29 is 4.79 Å². The molecule has 3 rings (SSSR count). The predicted molar refractivity (Wildman–Crippen MR) is 106 cm³/mol. The summed E-state index contributed by atoms with van der Waals surface area (Å²) in [6.07, 6.45) is 3.03. The van der Waals surface area contributed by atoms with Crippen molar-refractivity contribution in [3.63, 3.8) is 0 Å². The Kier molecular flexibility index (Phi) is 7.30. The number of piperidine rings is 1. The minimum absolute atomic E-state index is 0. The molecule has 1 aliphatic heterocycles. The number of primary amides is 1. The Morgan fingerprint density at radius 3 is 2.40 bits per heavy atom. The molecule has 0 spiro atoms. The zero-order valence-corrected chi connectivity index (χ0v) is 15.7. The van der Waals surface area contributed by atoms with Crippen molar-refractivity contribution in [1.29, 1.82) is 0 Å². The van der Waals surface area contributed by atoms with Crippen molar-refractivity contribution in [2.24, 2.45) is 5.73 Å². The Hall–Kier alpha value is -1.55. The fourth-order valence-electron chi connectivity index (χ4n) is 3.38. The molecule has 0 aromatic heterocycles. The summed E-state index contributed by atoms with van der Waals surface area (Å²) in [5.74, 6) is -0.0437. The van der Waals surface area contributed by atoms with Gasteiger partial charge in [-0.25, -0.2) is 0 Å². The maximum Gasteiger partial charge on any atom is 0.225 e. The summed E-state index contributed by atoms with van der Waals surface area (Å²) in [6.45, 7) is 2.14. The average molecular weight is 379 g/mol. The summed E-state index contributed by atoms with van der Waals surface area (Å²) < 4.78 is 0. The third-order valence-corrected chi connectivity index (χ3v) is 5.06. The number of halogens is 2. The van der Waals surface area contributed by atoms with Crippen molar-refractivity contribution in [1.82, 2.24) is 5.32 Å². The van der Waals surface area contributed by atoms with Gasteiger partial charge in [-0.05, 0) is 60.5 Å². The first-order valence-corrected chi connectivity index (χ1v) is 8.85. The minimum atomic E-state index is -0.315. The lowest BCUT2D eigenvalue weighted by Crippen LogP contribution is -2.28. The van der Waals surface area contributed by atoms with E-state index < -0.39 is 0 Å². The standard InChI is InChI=1S/C20H23ClN2O.ClH/c21-18-9-3-14(4-10-18)12-19(20(22)24)16-7-5-15(6-8-16)17-2-1-11-23-13-17;/h3-10,17,19,23H,1-2,11-13H2,(H2,22,24);1H. The fourth-order valence-corrected chi connectivity index (χ4v) is 3.50. The molecular formula is C20H24Cl2N2O. The van der Waals surface area contributed by atoms with Gasteiger partial charge in [0.25, 0.3) is 0 Å². The van der Waals surface area contributed by atoms with Crippen molar-refractivity contribution in [2.75, 3.05) is 13.1 Å². The fraction of sp³-hybridized carbons (Fsp3) is 0.350. The van der Waals surface area contributed by atoms with Gasteiger partial charge in [-0.1, -0.05) is 48.0 Å². The highest BCUT2D eigenvalue weighted by Crippen LogP contribution is 2.27. The molecule has 0 bridgehead atoms. The van der Waals surface area contributed by atoms with E-state index in [9.17, 15) is 4.79 Å². The summed E-state index contributed by atoms with van der Waals surface area (Å²) in [4.78, 5) is 11.9.